The van der Waals surface area contributed by atoms with Gasteiger partial charge in [-0.3, -0.25) is 4.79 Å². The van der Waals surface area contributed by atoms with Gasteiger partial charge in [-0.25, -0.2) is 0 Å². The number of hydrogen-bond donors (Lipinski definition) is 1. The summed E-state index contributed by atoms with van der Waals surface area (Å²) in [7, 11) is 0. The van der Waals surface area contributed by atoms with Gasteiger partial charge in [-0.1, -0.05) is 25.7 Å². The quantitative estimate of drug-likeness (QED) is 0.652. The molecule has 0 saturated heterocycles. The molecule has 13 heavy (non-hydrogen) atoms. The predicted octanol–water partition coefficient (Wildman–Crippen LogP) is 1.27. The number of rotatable bonds is 5. The van der Waals surface area contributed by atoms with Crippen LogP contribution >= 0.6 is 0 Å². The molecule has 1 aliphatic carbocycles. The van der Waals surface area contributed by atoms with Crippen molar-refractivity contribution < 1.29 is 9.59 Å². The lowest BCUT2D eigenvalue weighted by molar-refractivity contribution is -0.122. The fourth-order valence-corrected chi connectivity index (χ4v) is 1.88. The van der Waals surface area contributed by atoms with Crippen LogP contribution in [0.1, 0.15) is 38.5 Å². The Kier molecular flexibility index (Phi) is 4.50. The minimum Gasteiger partial charge on any atom is -0.349 e. The first-order chi connectivity index (χ1) is 6.33. The first-order valence-electron chi connectivity index (χ1n) is 5.03. The second-order valence-corrected chi connectivity index (χ2v) is 3.66. The number of hydrogen-bond acceptors (Lipinski definition) is 2. The van der Waals surface area contributed by atoms with E-state index in [-0.39, 0.29) is 12.5 Å². The van der Waals surface area contributed by atoms with Crippen LogP contribution in [0.15, 0.2) is 0 Å². The van der Waals surface area contributed by atoms with Gasteiger partial charge in [0, 0.05) is 6.42 Å². The Bertz CT molecular complexity index is 174. The third-order valence-corrected chi connectivity index (χ3v) is 2.64. The molecule has 74 valence electrons. The maximum absolute atomic E-state index is 11.1. The molecule has 0 aromatic carbocycles. The number of amides is 1. The van der Waals surface area contributed by atoms with E-state index in [4.69, 9.17) is 0 Å². The van der Waals surface area contributed by atoms with E-state index in [9.17, 15) is 9.59 Å². The van der Waals surface area contributed by atoms with Crippen molar-refractivity contribution in [2.45, 2.75) is 38.5 Å². The Morgan fingerprint density at radius 2 is 2.08 bits per heavy atom. The molecule has 0 atom stereocenters. The Labute approximate surface area is 78.9 Å². The highest BCUT2D eigenvalue weighted by Gasteiger charge is 2.15. The van der Waals surface area contributed by atoms with Gasteiger partial charge < -0.3 is 10.1 Å². The first-order valence-corrected chi connectivity index (χ1v) is 5.03. The van der Waals surface area contributed by atoms with E-state index in [0.717, 1.165) is 12.3 Å². The van der Waals surface area contributed by atoms with E-state index < -0.39 is 0 Å². The minimum atomic E-state index is 0.0130. The number of carbonyl (C=O) groups excluding carboxylic acids is 2. The summed E-state index contributed by atoms with van der Waals surface area (Å²) in [4.78, 5) is 21.0. The van der Waals surface area contributed by atoms with Gasteiger partial charge in [0.25, 0.3) is 0 Å². The molecule has 1 N–H and O–H groups in total. The van der Waals surface area contributed by atoms with Crippen molar-refractivity contribution in [3.8, 4) is 0 Å². The molecule has 0 aliphatic heterocycles. The molecule has 0 aromatic rings. The Balaban J connectivity index is 2.03. The number of aldehydes is 1. The summed E-state index contributed by atoms with van der Waals surface area (Å²) < 4.78 is 0. The topological polar surface area (TPSA) is 46.2 Å². The van der Waals surface area contributed by atoms with Crippen molar-refractivity contribution >= 4 is 12.2 Å². The van der Waals surface area contributed by atoms with Gasteiger partial charge in [0.1, 0.15) is 6.29 Å². The minimum absolute atomic E-state index is 0.0130. The smallest absolute Gasteiger partial charge is 0.220 e. The van der Waals surface area contributed by atoms with Crippen LogP contribution in [-0.4, -0.2) is 18.7 Å². The van der Waals surface area contributed by atoms with Crippen molar-refractivity contribution in [1.82, 2.24) is 5.32 Å². The second kappa shape index (κ2) is 5.73. The zero-order chi connectivity index (χ0) is 9.52. The zero-order valence-electron chi connectivity index (χ0n) is 7.92. The molecule has 1 aliphatic rings. The van der Waals surface area contributed by atoms with Crippen LogP contribution in [0.2, 0.25) is 0 Å². The van der Waals surface area contributed by atoms with Crippen LogP contribution in [0.5, 0.6) is 0 Å². The molecular weight excluding hydrogens is 166 g/mol. The standard InChI is InChI=1S/C10H17NO2/c12-8-7-11-10(13)6-5-9-3-1-2-4-9/h8-9H,1-7H2,(H,11,13). The van der Waals surface area contributed by atoms with E-state index in [1.54, 1.807) is 0 Å². The normalized spacial score (nSPS) is 17.2. The van der Waals surface area contributed by atoms with E-state index in [1.807, 2.05) is 0 Å². The average Bonchev–Trinajstić information content (AvgIpc) is 2.64. The average molecular weight is 183 g/mol. The van der Waals surface area contributed by atoms with Gasteiger partial charge >= 0.3 is 0 Å². The summed E-state index contributed by atoms with van der Waals surface area (Å²) in [5.41, 5.74) is 0. The largest absolute Gasteiger partial charge is 0.349 e. The molecular formula is C10H17NO2. The van der Waals surface area contributed by atoms with Gasteiger partial charge in [-0.05, 0) is 12.3 Å². The van der Waals surface area contributed by atoms with Crippen LogP contribution in [0.4, 0.5) is 0 Å². The SMILES string of the molecule is O=CCNC(=O)CCC1CCCC1. The van der Waals surface area contributed by atoms with Crippen molar-refractivity contribution in [1.29, 1.82) is 0 Å². The molecule has 1 amide bonds. The lowest BCUT2D eigenvalue weighted by atomic mass is 10.0. The van der Waals surface area contributed by atoms with E-state index in [0.29, 0.717) is 12.7 Å². The van der Waals surface area contributed by atoms with Crippen LogP contribution in [-0.2, 0) is 9.59 Å². The van der Waals surface area contributed by atoms with E-state index in [2.05, 4.69) is 5.32 Å². The van der Waals surface area contributed by atoms with Gasteiger partial charge in [0.05, 0.1) is 6.54 Å². The summed E-state index contributed by atoms with van der Waals surface area (Å²) >= 11 is 0. The molecule has 1 saturated carbocycles. The maximum Gasteiger partial charge on any atom is 0.220 e. The molecule has 0 unspecified atom stereocenters. The summed E-state index contributed by atoms with van der Waals surface area (Å²) in [6.07, 6.45) is 7.49. The van der Waals surface area contributed by atoms with Crippen molar-refractivity contribution in [3.05, 3.63) is 0 Å². The van der Waals surface area contributed by atoms with Gasteiger partial charge in [-0.2, -0.15) is 0 Å². The van der Waals surface area contributed by atoms with Crippen LogP contribution in [0.3, 0.4) is 0 Å². The van der Waals surface area contributed by atoms with Crippen molar-refractivity contribution in [2.75, 3.05) is 6.54 Å². The first kappa shape index (κ1) is 10.2. The van der Waals surface area contributed by atoms with Crippen LogP contribution in [0.25, 0.3) is 0 Å². The summed E-state index contributed by atoms with van der Waals surface area (Å²) in [6.45, 7) is 0.156. The molecule has 0 spiro atoms. The third kappa shape index (κ3) is 4.06. The molecule has 0 radical (unpaired) electrons. The van der Waals surface area contributed by atoms with Crippen molar-refractivity contribution in [3.63, 3.8) is 0 Å². The highest BCUT2D eigenvalue weighted by Crippen LogP contribution is 2.28. The Hall–Kier alpha value is -0.860. The van der Waals surface area contributed by atoms with Crippen LogP contribution in [0, 0.1) is 5.92 Å². The third-order valence-electron chi connectivity index (χ3n) is 2.64. The summed E-state index contributed by atoms with van der Waals surface area (Å²) in [6, 6.07) is 0. The summed E-state index contributed by atoms with van der Waals surface area (Å²) in [5.74, 6) is 0.765. The lowest BCUT2D eigenvalue weighted by Gasteiger charge is -2.07. The zero-order valence-corrected chi connectivity index (χ0v) is 7.92. The number of nitrogens with one attached hydrogen (secondary N) is 1. The fraction of sp³-hybridized carbons (Fsp3) is 0.800. The molecule has 0 aromatic heterocycles. The Morgan fingerprint density at radius 3 is 2.69 bits per heavy atom. The van der Waals surface area contributed by atoms with Crippen LogP contribution < -0.4 is 5.32 Å². The predicted molar refractivity (Wildman–Crippen MR) is 50.3 cm³/mol. The van der Waals surface area contributed by atoms with E-state index in [1.165, 1.54) is 25.7 Å². The highest BCUT2D eigenvalue weighted by molar-refractivity contribution is 5.78. The molecule has 3 heteroatoms. The second-order valence-electron chi connectivity index (χ2n) is 3.66. The van der Waals surface area contributed by atoms with Gasteiger partial charge in [0.15, 0.2) is 0 Å². The molecule has 0 heterocycles. The highest BCUT2D eigenvalue weighted by atomic mass is 16.2. The monoisotopic (exact) mass is 183 g/mol. The fourth-order valence-electron chi connectivity index (χ4n) is 1.88. The maximum atomic E-state index is 11.1. The molecule has 1 rings (SSSR count). The van der Waals surface area contributed by atoms with Gasteiger partial charge in [-0.15, -0.1) is 0 Å². The molecule has 0 bridgehead atoms. The van der Waals surface area contributed by atoms with E-state index >= 15 is 0 Å². The lowest BCUT2D eigenvalue weighted by Crippen LogP contribution is -2.25. The van der Waals surface area contributed by atoms with Gasteiger partial charge in [0.2, 0.25) is 5.91 Å². The van der Waals surface area contributed by atoms with Crippen molar-refractivity contribution in [2.24, 2.45) is 5.92 Å². The Morgan fingerprint density at radius 1 is 1.38 bits per heavy atom. The number of carbonyl (C=O) groups is 2. The summed E-state index contributed by atoms with van der Waals surface area (Å²) in [5, 5.41) is 2.55. The molecule has 3 nitrogen and oxygen atoms in total. The molecule has 1 fully saturated rings.